The van der Waals surface area contributed by atoms with Crippen molar-refractivity contribution in [3.8, 4) is 0 Å². The molecule has 2 rings (SSSR count). The third-order valence-corrected chi connectivity index (χ3v) is 4.75. The van der Waals surface area contributed by atoms with E-state index in [2.05, 4.69) is 4.98 Å². The van der Waals surface area contributed by atoms with Crippen LogP contribution in [0.3, 0.4) is 0 Å². The van der Waals surface area contributed by atoms with E-state index < -0.39 is 10.0 Å². The van der Waals surface area contributed by atoms with Crippen LogP contribution < -0.4 is 5.73 Å². The van der Waals surface area contributed by atoms with E-state index in [1.165, 1.54) is 10.5 Å². The second kappa shape index (κ2) is 5.21. The number of methoxy groups -OCH3 is 1. The molecule has 0 radical (unpaired) electrons. The number of nitrogens with two attached hydrogens (primary N) is 1. The van der Waals surface area contributed by atoms with Gasteiger partial charge in [0, 0.05) is 25.9 Å². The van der Waals surface area contributed by atoms with Gasteiger partial charge in [0.2, 0.25) is 0 Å². The number of pyridine rings is 1. The van der Waals surface area contributed by atoms with E-state index in [1.807, 2.05) is 0 Å². The molecule has 0 atom stereocenters. The van der Waals surface area contributed by atoms with Crippen LogP contribution in [0.2, 0.25) is 0 Å². The highest BCUT2D eigenvalue weighted by molar-refractivity contribution is 7.89. The SMILES string of the molecule is COCCN(C1CC1)S(=O)(=O)c1ncccc1N. The Kier molecular flexibility index (Phi) is 3.84. The lowest BCUT2D eigenvalue weighted by molar-refractivity contribution is 0.177. The van der Waals surface area contributed by atoms with Crippen LogP contribution in [0.4, 0.5) is 5.69 Å². The van der Waals surface area contributed by atoms with E-state index in [-0.39, 0.29) is 16.8 Å². The molecule has 1 saturated carbocycles. The molecular weight excluding hydrogens is 254 g/mol. The molecule has 18 heavy (non-hydrogen) atoms. The minimum atomic E-state index is -3.62. The van der Waals surface area contributed by atoms with E-state index in [0.29, 0.717) is 13.2 Å². The van der Waals surface area contributed by atoms with Crippen molar-refractivity contribution in [1.29, 1.82) is 0 Å². The van der Waals surface area contributed by atoms with Gasteiger partial charge in [-0.15, -0.1) is 0 Å². The van der Waals surface area contributed by atoms with Crippen LogP contribution in [0.15, 0.2) is 23.4 Å². The first kappa shape index (κ1) is 13.3. The standard InChI is InChI=1S/C11H17N3O3S/c1-17-8-7-14(9-4-5-9)18(15,16)11-10(12)3-2-6-13-11/h2-3,6,9H,4-5,7-8,12H2,1H3. The van der Waals surface area contributed by atoms with E-state index in [1.54, 1.807) is 19.2 Å². The number of hydrogen-bond donors (Lipinski definition) is 1. The molecule has 0 saturated heterocycles. The van der Waals surface area contributed by atoms with Gasteiger partial charge in [0.15, 0.2) is 5.03 Å². The Bertz CT molecular complexity index is 514. The van der Waals surface area contributed by atoms with Gasteiger partial charge in [-0.3, -0.25) is 0 Å². The van der Waals surface area contributed by atoms with Crippen molar-refractivity contribution in [2.45, 2.75) is 23.9 Å². The summed E-state index contributed by atoms with van der Waals surface area (Å²) >= 11 is 0. The first-order valence-electron chi connectivity index (χ1n) is 5.78. The predicted molar refractivity (Wildman–Crippen MR) is 67.4 cm³/mol. The summed E-state index contributed by atoms with van der Waals surface area (Å²) in [6.45, 7) is 0.696. The lowest BCUT2D eigenvalue weighted by Gasteiger charge is -2.21. The average molecular weight is 271 g/mol. The van der Waals surface area contributed by atoms with Gasteiger partial charge in [-0.05, 0) is 25.0 Å². The van der Waals surface area contributed by atoms with E-state index in [0.717, 1.165) is 12.8 Å². The number of ether oxygens (including phenoxy) is 1. The highest BCUT2D eigenvalue weighted by Crippen LogP contribution is 2.32. The zero-order chi connectivity index (χ0) is 13.2. The van der Waals surface area contributed by atoms with Gasteiger partial charge in [-0.1, -0.05) is 0 Å². The third kappa shape index (κ3) is 2.63. The zero-order valence-corrected chi connectivity index (χ0v) is 11.1. The van der Waals surface area contributed by atoms with Crippen molar-refractivity contribution in [2.75, 3.05) is 26.0 Å². The average Bonchev–Trinajstić information content (AvgIpc) is 3.14. The molecule has 1 aromatic rings. The van der Waals surface area contributed by atoms with Crippen molar-refractivity contribution in [3.05, 3.63) is 18.3 Å². The first-order valence-corrected chi connectivity index (χ1v) is 7.22. The van der Waals surface area contributed by atoms with E-state index in [9.17, 15) is 8.42 Å². The predicted octanol–water partition coefficient (Wildman–Crippen LogP) is 0.463. The second-order valence-electron chi connectivity index (χ2n) is 4.24. The number of nitrogen functional groups attached to an aromatic ring is 1. The van der Waals surface area contributed by atoms with Crippen molar-refractivity contribution < 1.29 is 13.2 Å². The highest BCUT2D eigenvalue weighted by Gasteiger charge is 2.39. The fourth-order valence-electron chi connectivity index (χ4n) is 1.77. The summed E-state index contributed by atoms with van der Waals surface area (Å²) < 4.78 is 31.3. The molecule has 0 aromatic carbocycles. The molecule has 0 spiro atoms. The van der Waals surface area contributed by atoms with Crippen molar-refractivity contribution >= 4 is 15.7 Å². The molecule has 0 aliphatic heterocycles. The molecule has 1 aliphatic rings. The van der Waals surface area contributed by atoms with Crippen LogP contribution in [-0.4, -0.2) is 44.0 Å². The van der Waals surface area contributed by atoms with Gasteiger partial charge in [0.25, 0.3) is 10.0 Å². The minimum Gasteiger partial charge on any atom is -0.396 e. The highest BCUT2D eigenvalue weighted by atomic mass is 32.2. The van der Waals surface area contributed by atoms with Gasteiger partial charge in [0.1, 0.15) is 0 Å². The zero-order valence-electron chi connectivity index (χ0n) is 10.2. The van der Waals surface area contributed by atoms with Gasteiger partial charge in [-0.2, -0.15) is 4.31 Å². The van der Waals surface area contributed by atoms with Crippen LogP contribution in [0.5, 0.6) is 0 Å². The Morgan fingerprint density at radius 3 is 2.83 bits per heavy atom. The van der Waals surface area contributed by atoms with Gasteiger partial charge >= 0.3 is 0 Å². The molecular formula is C11H17N3O3S. The van der Waals surface area contributed by atoms with Crippen LogP contribution >= 0.6 is 0 Å². The number of anilines is 1. The van der Waals surface area contributed by atoms with Crippen LogP contribution in [0.1, 0.15) is 12.8 Å². The number of nitrogens with zero attached hydrogens (tertiary/aromatic N) is 2. The summed E-state index contributed by atoms with van der Waals surface area (Å²) in [4.78, 5) is 3.89. The summed E-state index contributed by atoms with van der Waals surface area (Å²) in [7, 11) is -2.08. The number of sulfonamides is 1. The number of aromatic nitrogens is 1. The molecule has 1 fully saturated rings. The Morgan fingerprint density at radius 2 is 2.28 bits per heavy atom. The summed E-state index contributed by atoms with van der Waals surface area (Å²) in [5.41, 5.74) is 5.88. The number of rotatable bonds is 6. The molecule has 1 aliphatic carbocycles. The molecule has 6 nitrogen and oxygen atoms in total. The lowest BCUT2D eigenvalue weighted by Crippen LogP contribution is -2.36. The topological polar surface area (TPSA) is 85.5 Å². The van der Waals surface area contributed by atoms with Gasteiger partial charge in [0.05, 0.1) is 12.3 Å². The summed E-state index contributed by atoms with van der Waals surface area (Å²) in [5.74, 6) is 0. The largest absolute Gasteiger partial charge is 0.396 e. The molecule has 0 unspecified atom stereocenters. The molecule has 1 aromatic heterocycles. The fraction of sp³-hybridized carbons (Fsp3) is 0.545. The normalized spacial score (nSPS) is 16.1. The van der Waals surface area contributed by atoms with Crippen molar-refractivity contribution in [3.63, 3.8) is 0 Å². The number of hydrogen-bond acceptors (Lipinski definition) is 5. The molecule has 1 heterocycles. The van der Waals surface area contributed by atoms with E-state index in [4.69, 9.17) is 10.5 Å². The van der Waals surface area contributed by atoms with Crippen LogP contribution in [0.25, 0.3) is 0 Å². The maximum absolute atomic E-state index is 12.5. The monoisotopic (exact) mass is 271 g/mol. The molecule has 0 bridgehead atoms. The Morgan fingerprint density at radius 1 is 1.56 bits per heavy atom. The molecule has 2 N–H and O–H groups in total. The Balaban J connectivity index is 2.30. The van der Waals surface area contributed by atoms with Crippen LogP contribution in [-0.2, 0) is 14.8 Å². The molecule has 100 valence electrons. The maximum atomic E-state index is 12.5. The van der Waals surface area contributed by atoms with E-state index >= 15 is 0 Å². The smallest absolute Gasteiger partial charge is 0.262 e. The van der Waals surface area contributed by atoms with Crippen LogP contribution in [0, 0.1) is 0 Å². The minimum absolute atomic E-state index is 0.0616. The summed E-state index contributed by atoms with van der Waals surface area (Å²) in [5, 5.41) is -0.0620. The van der Waals surface area contributed by atoms with Crippen molar-refractivity contribution in [1.82, 2.24) is 9.29 Å². The second-order valence-corrected chi connectivity index (χ2v) is 6.04. The Labute approximate surface area is 107 Å². The summed E-state index contributed by atoms with van der Waals surface area (Å²) in [6.07, 6.45) is 3.20. The summed E-state index contributed by atoms with van der Waals surface area (Å²) in [6, 6.07) is 3.22. The van der Waals surface area contributed by atoms with Gasteiger partial charge < -0.3 is 10.5 Å². The maximum Gasteiger partial charge on any atom is 0.262 e. The fourth-order valence-corrected chi connectivity index (χ4v) is 3.47. The van der Waals surface area contributed by atoms with Gasteiger partial charge in [-0.25, -0.2) is 13.4 Å². The third-order valence-electron chi connectivity index (χ3n) is 2.82. The first-order chi connectivity index (χ1) is 8.57. The molecule has 7 heteroatoms. The lowest BCUT2D eigenvalue weighted by atomic mass is 10.4. The quantitative estimate of drug-likeness (QED) is 0.812. The Hall–Kier alpha value is -1.18. The molecule has 0 amide bonds. The van der Waals surface area contributed by atoms with Crippen molar-refractivity contribution in [2.24, 2.45) is 0 Å².